The minimum atomic E-state index is -0.554. The molecule has 0 aliphatic heterocycles. The summed E-state index contributed by atoms with van der Waals surface area (Å²) in [6, 6.07) is 9.26. The van der Waals surface area contributed by atoms with E-state index < -0.39 is 5.97 Å². The van der Waals surface area contributed by atoms with Gasteiger partial charge in [0.1, 0.15) is 0 Å². The Morgan fingerprint density at radius 1 is 1.33 bits per heavy atom. The molecule has 0 aliphatic rings. The predicted molar refractivity (Wildman–Crippen MR) is 57.7 cm³/mol. The van der Waals surface area contributed by atoms with Crippen LogP contribution in [0.5, 0.6) is 0 Å². The van der Waals surface area contributed by atoms with Crippen LogP contribution in [0.1, 0.15) is 12.5 Å². The topological polar surface area (TPSA) is 26.3 Å². The Bertz CT molecular complexity index is 438. The highest BCUT2D eigenvalue weighted by Gasteiger charge is 1.93. The van der Waals surface area contributed by atoms with Crippen molar-refractivity contribution in [3.63, 3.8) is 0 Å². The molecule has 2 heteroatoms. The quantitative estimate of drug-likeness (QED) is 0.506. The maximum atomic E-state index is 11.0. The van der Waals surface area contributed by atoms with E-state index in [-0.39, 0.29) is 6.61 Å². The number of hydrogen-bond acceptors (Lipinski definition) is 2. The molecule has 0 spiro atoms. The number of esters is 1. The molecule has 0 atom stereocenters. The Hall–Kier alpha value is -2.19. The largest absolute Gasteiger partial charge is 0.443 e. The zero-order valence-corrected chi connectivity index (χ0v) is 8.41. The van der Waals surface area contributed by atoms with Crippen LogP contribution < -0.4 is 0 Å². The summed E-state index contributed by atoms with van der Waals surface area (Å²) in [4.78, 5) is 11.0. The molecule has 0 saturated heterocycles. The fourth-order valence-corrected chi connectivity index (χ4v) is 0.855. The molecule has 0 heterocycles. The lowest BCUT2D eigenvalue weighted by molar-refractivity contribution is -0.135. The molecular weight excluding hydrogens is 188 g/mol. The lowest BCUT2D eigenvalue weighted by atomic mass is 10.2. The van der Waals surface area contributed by atoms with Gasteiger partial charge in [-0.05, 0) is 19.1 Å². The van der Waals surface area contributed by atoms with Gasteiger partial charge in [0.25, 0.3) is 0 Å². The summed E-state index contributed by atoms with van der Waals surface area (Å²) >= 11 is 0. The number of carbonyl (C=O) groups is 1. The van der Waals surface area contributed by atoms with Gasteiger partial charge in [0.15, 0.2) is 6.61 Å². The van der Waals surface area contributed by atoms with Gasteiger partial charge < -0.3 is 4.74 Å². The van der Waals surface area contributed by atoms with Gasteiger partial charge in [-0.3, -0.25) is 0 Å². The molecule has 74 valence electrons. The van der Waals surface area contributed by atoms with E-state index in [1.807, 2.05) is 30.3 Å². The molecule has 0 N–H and O–H groups in total. The molecule has 0 radical (unpaired) electrons. The fourth-order valence-electron chi connectivity index (χ4n) is 0.855. The lowest BCUT2D eigenvalue weighted by Gasteiger charge is -1.91. The average molecular weight is 198 g/mol. The van der Waals surface area contributed by atoms with Crippen LogP contribution in [0, 0.1) is 23.7 Å². The predicted octanol–water partition coefficient (Wildman–Crippen LogP) is 1.60. The highest BCUT2D eigenvalue weighted by atomic mass is 16.5. The number of benzene rings is 1. The Morgan fingerprint density at radius 3 is 2.73 bits per heavy atom. The molecule has 0 aliphatic carbocycles. The maximum absolute atomic E-state index is 11.0. The second-order valence-electron chi connectivity index (χ2n) is 2.62. The zero-order chi connectivity index (χ0) is 10.9. The maximum Gasteiger partial charge on any atom is 0.385 e. The Kier molecular flexibility index (Phi) is 4.57. The minimum Gasteiger partial charge on any atom is -0.443 e. The number of carbonyl (C=O) groups excluding carboxylic acids is 1. The van der Waals surface area contributed by atoms with Gasteiger partial charge in [-0.15, -0.1) is 5.92 Å². The third kappa shape index (κ3) is 4.55. The van der Waals surface area contributed by atoms with Gasteiger partial charge in [-0.25, -0.2) is 4.79 Å². The highest BCUT2D eigenvalue weighted by molar-refractivity contribution is 5.89. The third-order valence-electron chi connectivity index (χ3n) is 1.53. The second-order valence-corrected chi connectivity index (χ2v) is 2.62. The molecule has 0 aromatic heterocycles. The SMILES string of the molecule is CC#CCOC(=O)C#Cc1ccccc1. The van der Waals surface area contributed by atoms with Gasteiger partial charge >= 0.3 is 5.97 Å². The van der Waals surface area contributed by atoms with E-state index in [1.54, 1.807) is 6.92 Å². The van der Waals surface area contributed by atoms with Crippen LogP contribution in [-0.4, -0.2) is 12.6 Å². The molecule has 0 amide bonds. The molecule has 15 heavy (non-hydrogen) atoms. The molecule has 0 unspecified atom stereocenters. The van der Waals surface area contributed by atoms with Crippen molar-refractivity contribution in [3.05, 3.63) is 35.9 Å². The Balaban J connectivity index is 2.50. The number of rotatable bonds is 1. The van der Waals surface area contributed by atoms with Gasteiger partial charge in [-0.2, -0.15) is 0 Å². The van der Waals surface area contributed by atoms with Crippen LogP contribution >= 0.6 is 0 Å². The van der Waals surface area contributed by atoms with Crippen molar-refractivity contribution in [3.8, 4) is 23.7 Å². The first kappa shape index (κ1) is 10.9. The van der Waals surface area contributed by atoms with E-state index in [0.29, 0.717) is 0 Å². The van der Waals surface area contributed by atoms with Crippen LogP contribution in [0.3, 0.4) is 0 Å². The summed E-state index contributed by atoms with van der Waals surface area (Å²) in [6.45, 7) is 1.78. The summed E-state index contributed by atoms with van der Waals surface area (Å²) < 4.78 is 4.72. The van der Waals surface area contributed by atoms with Crippen LogP contribution in [0.2, 0.25) is 0 Å². The van der Waals surface area contributed by atoms with Crippen molar-refractivity contribution in [2.75, 3.05) is 6.61 Å². The first-order valence-corrected chi connectivity index (χ1v) is 4.46. The Labute approximate surface area is 89.3 Å². The fraction of sp³-hybridized carbons (Fsp3) is 0.154. The minimum absolute atomic E-state index is 0.0960. The monoisotopic (exact) mass is 198 g/mol. The van der Waals surface area contributed by atoms with Crippen molar-refractivity contribution < 1.29 is 9.53 Å². The number of ether oxygens (including phenoxy) is 1. The van der Waals surface area contributed by atoms with Crippen LogP contribution in [0.4, 0.5) is 0 Å². The first-order valence-electron chi connectivity index (χ1n) is 4.46. The molecule has 0 fully saturated rings. The van der Waals surface area contributed by atoms with E-state index in [0.717, 1.165) is 5.56 Å². The lowest BCUT2D eigenvalue weighted by Crippen LogP contribution is -2.00. The molecule has 2 nitrogen and oxygen atoms in total. The summed E-state index contributed by atoms with van der Waals surface area (Å²) in [6.07, 6.45) is 0. The van der Waals surface area contributed by atoms with E-state index in [1.165, 1.54) is 0 Å². The highest BCUT2D eigenvalue weighted by Crippen LogP contribution is 1.94. The van der Waals surface area contributed by atoms with Crippen molar-refractivity contribution in [2.45, 2.75) is 6.92 Å². The van der Waals surface area contributed by atoms with Gasteiger partial charge in [0.2, 0.25) is 0 Å². The Morgan fingerprint density at radius 2 is 2.07 bits per heavy atom. The molecular formula is C13H10O2. The van der Waals surface area contributed by atoms with Gasteiger partial charge in [-0.1, -0.05) is 30.0 Å². The molecule has 0 bridgehead atoms. The average Bonchev–Trinajstić information content (AvgIpc) is 2.28. The molecule has 1 aromatic carbocycles. The summed E-state index contributed by atoms with van der Waals surface area (Å²) in [5, 5.41) is 0. The van der Waals surface area contributed by atoms with Crippen molar-refractivity contribution >= 4 is 5.97 Å². The van der Waals surface area contributed by atoms with Crippen molar-refractivity contribution in [1.82, 2.24) is 0 Å². The van der Waals surface area contributed by atoms with Gasteiger partial charge in [0.05, 0.1) is 0 Å². The molecule has 1 rings (SSSR count). The van der Waals surface area contributed by atoms with Gasteiger partial charge in [0, 0.05) is 11.5 Å². The van der Waals surface area contributed by atoms with E-state index in [9.17, 15) is 4.79 Å². The molecule has 0 saturated carbocycles. The van der Waals surface area contributed by atoms with E-state index in [4.69, 9.17) is 4.74 Å². The van der Waals surface area contributed by atoms with Crippen molar-refractivity contribution in [1.29, 1.82) is 0 Å². The van der Waals surface area contributed by atoms with Crippen LogP contribution in [0.15, 0.2) is 30.3 Å². The van der Waals surface area contributed by atoms with E-state index in [2.05, 4.69) is 23.7 Å². The summed E-state index contributed by atoms with van der Waals surface area (Å²) in [5.74, 6) is 9.76. The summed E-state index contributed by atoms with van der Waals surface area (Å²) in [7, 11) is 0. The molecule has 1 aromatic rings. The smallest absolute Gasteiger partial charge is 0.385 e. The normalized spacial score (nSPS) is 7.80. The second kappa shape index (κ2) is 6.29. The standard InChI is InChI=1S/C13H10O2/c1-2-3-11-15-13(14)10-9-12-7-5-4-6-8-12/h4-8H,11H2,1H3. The van der Waals surface area contributed by atoms with Crippen LogP contribution in [-0.2, 0) is 9.53 Å². The zero-order valence-electron chi connectivity index (χ0n) is 8.41. The summed E-state index contributed by atoms with van der Waals surface area (Å²) in [5.41, 5.74) is 0.788. The van der Waals surface area contributed by atoms with E-state index >= 15 is 0 Å². The first-order chi connectivity index (χ1) is 7.33. The van der Waals surface area contributed by atoms with Crippen LogP contribution in [0.25, 0.3) is 0 Å². The van der Waals surface area contributed by atoms with Crippen molar-refractivity contribution in [2.24, 2.45) is 0 Å². The third-order valence-corrected chi connectivity index (χ3v) is 1.53. The number of hydrogen-bond donors (Lipinski definition) is 0.